The molecule has 0 bridgehead atoms. The normalized spacial score (nSPS) is 13.0. The molecule has 4 rings (SSSR count). The summed E-state index contributed by atoms with van der Waals surface area (Å²) in [5, 5.41) is 3.54. The van der Waals surface area contributed by atoms with E-state index in [4.69, 9.17) is 9.47 Å². The topological polar surface area (TPSA) is 63.4 Å². The molecule has 0 atom stereocenters. The fraction of sp³-hybridized carbons (Fsp3) is 0.211. The van der Waals surface area contributed by atoms with Gasteiger partial charge in [-0.1, -0.05) is 6.07 Å². The van der Waals surface area contributed by atoms with Crippen LogP contribution < -0.4 is 14.8 Å². The van der Waals surface area contributed by atoms with Crippen molar-refractivity contribution in [1.82, 2.24) is 10.3 Å². The maximum Gasteiger partial charge on any atom is 0.267 e. The minimum absolute atomic E-state index is 0.214. The van der Waals surface area contributed by atoms with E-state index in [1.165, 1.54) is 12.1 Å². The second-order valence-corrected chi connectivity index (χ2v) is 5.90. The van der Waals surface area contributed by atoms with E-state index in [0.717, 1.165) is 22.6 Å². The maximum atomic E-state index is 13.2. The van der Waals surface area contributed by atoms with Gasteiger partial charge in [-0.25, -0.2) is 4.39 Å². The lowest BCUT2D eigenvalue weighted by molar-refractivity contribution is 0.0950. The van der Waals surface area contributed by atoms with Crippen molar-refractivity contribution in [2.75, 3.05) is 19.8 Å². The first-order valence-corrected chi connectivity index (χ1v) is 8.14. The number of carbonyl (C=O) groups excluding carboxylic acids is 1. The Bertz CT molecular complexity index is 936. The molecular weight excluding hydrogens is 323 g/mol. The Morgan fingerprint density at radius 1 is 1.08 bits per heavy atom. The molecule has 0 saturated heterocycles. The van der Waals surface area contributed by atoms with Crippen LogP contribution >= 0.6 is 0 Å². The highest BCUT2D eigenvalue weighted by Crippen LogP contribution is 2.30. The molecule has 1 aliphatic heterocycles. The largest absolute Gasteiger partial charge is 0.486 e. The highest BCUT2D eigenvalue weighted by atomic mass is 19.1. The maximum absolute atomic E-state index is 13.2. The van der Waals surface area contributed by atoms with Crippen LogP contribution in [0.15, 0.2) is 42.5 Å². The molecule has 1 aromatic heterocycles. The minimum Gasteiger partial charge on any atom is -0.486 e. The van der Waals surface area contributed by atoms with Crippen LogP contribution in [0.1, 0.15) is 16.1 Å². The molecule has 1 aliphatic rings. The number of hydrogen-bond acceptors (Lipinski definition) is 3. The standard InChI is InChI=1S/C19H17FN2O3/c20-14-2-3-15-13(10-14)11-16(22-15)19(23)21-6-5-12-1-4-17-18(9-12)25-8-7-24-17/h1-4,9-11,22H,5-8H2,(H,21,23). The third-order valence-corrected chi connectivity index (χ3v) is 4.13. The quantitative estimate of drug-likeness (QED) is 0.767. The molecule has 0 unspecified atom stereocenters. The lowest BCUT2D eigenvalue weighted by Crippen LogP contribution is -2.26. The number of H-pyrrole nitrogens is 1. The highest BCUT2D eigenvalue weighted by molar-refractivity contribution is 5.97. The lowest BCUT2D eigenvalue weighted by atomic mass is 10.1. The molecule has 6 heteroatoms. The molecule has 0 fully saturated rings. The van der Waals surface area contributed by atoms with Crippen LogP contribution in [-0.4, -0.2) is 30.6 Å². The van der Waals surface area contributed by atoms with Crippen LogP contribution in [0.5, 0.6) is 11.5 Å². The number of aromatic amines is 1. The molecular formula is C19H17FN2O3. The van der Waals surface area contributed by atoms with E-state index in [1.54, 1.807) is 12.1 Å². The van der Waals surface area contributed by atoms with Crippen LogP contribution in [0, 0.1) is 5.82 Å². The van der Waals surface area contributed by atoms with Crippen LogP contribution in [0.3, 0.4) is 0 Å². The number of aromatic nitrogens is 1. The molecule has 1 amide bonds. The van der Waals surface area contributed by atoms with Gasteiger partial charge in [0.15, 0.2) is 11.5 Å². The van der Waals surface area contributed by atoms with Gasteiger partial charge >= 0.3 is 0 Å². The molecule has 2 N–H and O–H groups in total. The second-order valence-electron chi connectivity index (χ2n) is 5.90. The number of fused-ring (bicyclic) bond motifs is 2. The Morgan fingerprint density at radius 3 is 2.80 bits per heavy atom. The third kappa shape index (κ3) is 3.28. The summed E-state index contributed by atoms with van der Waals surface area (Å²) >= 11 is 0. The molecule has 0 aliphatic carbocycles. The van der Waals surface area contributed by atoms with E-state index in [-0.39, 0.29) is 11.7 Å². The molecule has 5 nitrogen and oxygen atoms in total. The average Bonchev–Trinajstić information content (AvgIpc) is 3.05. The van der Waals surface area contributed by atoms with Crippen molar-refractivity contribution in [3.05, 3.63) is 59.5 Å². The number of hydrogen-bond donors (Lipinski definition) is 2. The summed E-state index contributed by atoms with van der Waals surface area (Å²) in [7, 11) is 0. The summed E-state index contributed by atoms with van der Waals surface area (Å²) in [6, 6.07) is 11.8. The van der Waals surface area contributed by atoms with Gasteiger partial charge in [-0.05, 0) is 48.4 Å². The number of ether oxygens (including phenoxy) is 2. The van der Waals surface area contributed by atoms with E-state index in [1.807, 2.05) is 18.2 Å². The van der Waals surface area contributed by atoms with Crippen LogP contribution in [0.4, 0.5) is 4.39 Å². The van der Waals surface area contributed by atoms with Crippen molar-refractivity contribution in [2.24, 2.45) is 0 Å². The number of nitrogens with one attached hydrogen (secondary N) is 2. The van der Waals surface area contributed by atoms with Gasteiger partial charge in [-0.15, -0.1) is 0 Å². The summed E-state index contributed by atoms with van der Waals surface area (Å²) < 4.78 is 24.3. The Balaban J connectivity index is 1.38. The Morgan fingerprint density at radius 2 is 1.92 bits per heavy atom. The summed E-state index contributed by atoms with van der Waals surface area (Å²) in [6.45, 7) is 1.60. The van der Waals surface area contributed by atoms with Crippen LogP contribution in [-0.2, 0) is 6.42 Å². The Hall–Kier alpha value is -3.02. The fourth-order valence-corrected chi connectivity index (χ4v) is 2.88. The smallest absolute Gasteiger partial charge is 0.267 e. The van der Waals surface area contributed by atoms with Crippen molar-refractivity contribution in [1.29, 1.82) is 0 Å². The van der Waals surface area contributed by atoms with Gasteiger partial charge in [0.2, 0.25) is 0 Å². The van der Waals surface area contributed by atoms with Crippen molar-refractivity contribution < 1.29 is 18.7 Å². The predicted octanol–water partition coefficient (Wildman–Crippen LogP) is 3.05. The monoisotopic (exact) mass is 340 g/mol. The van der Waals surface area contributed by atoms with Crippen molar-refractivity contribution >= 4 is 16.8 Å². The summed E-state index contributed by atoms with van der Waals surface area (Å²) in [4.78, 5) is 15.2. The minimum atomic E-state index is -0.322. The molecule has 0 spiro atoms. The summed E-state index contributed by atoms with van der Waals surface area (Å²) in [5.74, 6) is 0.961. The van der Waals surface area contributed by atoms with E-state index in [0.29, 0.717) is 37.3 Å². The van der Waals surface area contributed by atoms with E-state index in [9.17, 15) is 9.18 Å². The zero-order valence-electron chi connectivity index (χ0n) is 13.5. The van der Waals surface area contributed by atoms with Gasteiger partial charge in [0, 0.05) is 17.4 Å². The predicted molar refractivity (Wildman–Crippen MR) is 91.7 cm³/mol. The van der Waals surface area contributed by atoms with E-state index in [2.05, 4.69) is 10.3 Å². The van der Waals surface area contributed by atoms with Crippen LogP contribution in [0.25, 0.3) is 10.9 Å². The molecule has 0 saturated carbocycles. The number of halogens is 1. The van der Waals surface area contributed by atoms with Crippen LogP contribution in [0.2, 0.25) is 0 Å². The molecule has 25 heavy (non-hydrogen) atoms. The Kier molecular flexibility index (Phi) is 4.01. The number of rotatable bonds is 4. The second kappa shape index (κ2) is 6.47. The zero-order chi connectivity index (χ0) is 17.2. The SMILES string of the molecule is O=C(NCCc1ccc2c(c1)OCCO2)c1cc2cc(F)ccc2[nH]1. The highest BCUT2D eigenvalue weighted by Gasteiger charge is 2.12. The lowest BCUT2D eigenvalue weighted by Gasteiger charge is -2.18. The van der Waals surface area contributed by atoms with E-state index < -0.39 is 0 Å². The number of amides is 1. The molecule has 2 heterocycles. The summed E-state index contributed by atoms with van der Waals surface area (Å²) in [6.07, 6.45) is 0.678. The molecule has 0 radical (unpaired) electrons. The first-order valence-electron chi connectivity index (χ1n) is 8.14. The Labute approximate surface area is 143 Å². The summed E-state index contributed by atoms with van der Waals surface area (Å²) in [5.41, 5.74) is 2.21. The first-order chi connectivity index (χ1) is 12.2. The number of carbonyl (C=O) groups is 1. The van der Waals surface area contributed by atoms with Crippen molar-refractivity contribution in [2.45, 2.75) is 6.42 Å². The van der Waals surface area contributed by atoms with Crippen molar-refractivity contribution in [3.8, 4) is 11.5 Å². The molecule has 3 aromatic rings. The zero-order valence-corrected chi connectivity index (χ0v) is 13.5. The van der Waals surface area contributed by atoms with Gasteiger partial charge in [-0.3, -0.25) is 4.79 Å². The molecule has 128 valence electrons. The van der Waals surface area contributed by atoms with Gasteiger partial charge in [0.1, 0.15) is 24.7 Å². The van der Waals surface area contributed by atoms with Gasteiger partial charge in [0.05, 0.1) is 0 Å². The first kappa shape index (κ1) is 15.5. The molecule has 2 aromatic carbocycles. The van der Waals surface area contributed by atoms with Crippen molar-refractivity contribution in [3.63, 3.8) is 0 Å². The number of benzene rings is 2. The average molecular weight is 340 g/mol. The van der Waals surface area contributed by atoms with Gasteiger partial charge in [-0.2, -0.15) is 0 Å². The third-order valence-electron chi connectivity index (χ3n) is 4.13. The fourth-order valence-electron chi connectivity index (χ4n) is 2.88. The van der Waals surface area contributed by atoms with Gasteiger partial charge < -0.3 is 19.8 Å². The van der Waals surface area contributed by atoms with E-state index >= 15 is 0 Å². The van der Waals surface area contributed by atoms with Gasteiger partial charge in [0.25, 0.3) is 5.91 Å².